The van der Waals surface area contributed by atoms with Gasteiger partial charge in [-0.25, -0.2) is 0 Å². The van der Waals surface area contributed by atoms with Crippen molar-refractivity contribution < 1.29 is 38.3 Å². The van der Waals surface area contributed by atoms with Crippen LogP contribution in [0.3, 0.4) is 0 Å². The summed E-state index contributed by atoms with van der Waals surface area (Å²) in [6.45, 7) is 13.5. The van der Waals surface area contributed by atoms with Gasteiger partial charge in [0.25, 0.3) is 11.8 Å². The Morgan fingerprint density at radius 1 is 0.643 bits per heavy atom. The molecular formula is C54H56N8O8. The number of amides is 2. The van der Waals surface area contributed by atoms with Crippen LogP contribution in [0.2, 0.25) is 0 Å². The third-order valence-electron chi connectivity index (χ3n) is 13.7. The largest absolute Gasteiger partial charge is 0.490 e. The zero-order chi connectivity index (χ0) is 49.5. The van der Waals surface area contributed by atoms with Gasteiger partial charge in [0.2, 0.25) is 23.5 Å². The van der Waals surface area contributed by atoms with Gasteiger partial charge < -0.3 is 38.5 Å². The van der Waals surface area contributed by atoms with Crippen LogP contribution >= 0.6 is 0 Å². The number of aliphatic hydroxyl groups excluding tert-OH is 2. The number of carbonyl (C=O) groups excluding carboxylic acids is 2. The van der Waals surface area contributed by atoms with Gasteiger partial charge >= 0.3 is 0 Å². The molecule has 2 N–H and O–H groups in total. The summed E-state index contributed by atoms with van der Waals surface area (Å²) in [6.07, 6.45) is 2.36. The highest BCUT2D eigenvalue weighted by Crippen LogP contribution is 2.52. The molecule has 2 amide bonds. The van der Waals surface area contributed by atoms with Crippen LogP contribution in [0, 0.1) is 40.4 Å². The fourth-order valence-corrected chi connectivity index (χ4v) is 10.7. The maximum Gasteiger partial charge on any atom is 0.258 e. The standard InChI is InChI=1S/C28H30N4O4.C26H26N4O4/c1-15(2)23(14-33)32-25(34)12-18-11-22-20(26(18)32)6-5-7-21(22)27-30-28(36-31-27)17-8-9-24(35-16(3)4)19(10-17)13-29;1-14(2)33-22-8-7-16(9-18(22)12-27)26-28-25(29-34-26)20-6-4-5-19-21(20)10-17-11-23(32)30(24(17)19)15(3)13-31/h5-10,15-16,18,23,26,33H,11-12,14H2,1-4H3;4-9,14-15,17,24,31H,10-11,13H2,1-3H3. The Bertz CT molecular complexity index is 3040. The molecule has 0 bridgehead atoms. The number of rotatable bonds is 13. The topological polar surface area (TPSA) is 225 Å². The number of fused-ring (bicyclic) bond motifs is 6. The van der Waals surface area contributed by atoms with E-state index in [1.54, 1.807) is 36.4 Å². The van der Waals surface area contributed by atoms with Crippen molar-refractivity contribution in [3.8, 4) is 69.3 Å². The molecule has 10 rings (SSSR count). The van der Waals surface area contributed by atoms with E-state index in [0.717, 1.165) is 46.2 Å². The molecule has 70 heavy (non-hydrogen) atoms. The van der Waals surface area contributed by atoms with E-state index < -0.39 is 0 Å². The zero-order valence-corrected chi connectivity index (χ0v) is 40.3. The van der Waals surface area contributed by atoms with Crippen LogP contribution in [-0.2, 0) is 22.4 Å². The van der Waals surface area contributed by atoms with Crippen molar-refractivity contribution in [1.29, 1.82) is 10.5 Å². The molecular weight excluding hydrogens is 889 g/mol. The van der Waals surface area contributed by atoms with E-state index in [0.29, 0.717) is 70.0 Å². The van der Waals surface area contributed by atoms with Crippen molar-refractivity contribution in [2.45, 2.75) is 111 Å². The lowest BCUT2D eigenvalue weighted by molar-refractivity contribution is -0.133. The first-order valence-corrected chi connectivity index (χ1v) is 23.9. The number of aromatic nitrogens is 4. The normalized spacial score (nSPS) is 19.6. The lowest BCUT2D eigenvalue weighted by atomic mass is 9.97. The predicted molar refractivity (Wildman–Crippen MR) is 256 cm³/mol. The van der Waals surface area contributed by atoms with Crippen LogP contribution in [-0.4, -0.2) is 89.6 Å². The second-order valence-electron chi connectivity index (χ2n) is 19.4. The van der Waals surface area contributed by atoms with Crippen molar-refractivity contribution in [1.82, 2.24) is 30.1 Å². The number of ether oxygens (including phenoxy) is 2. The lowest BCUT2D eigenvalue weighted by Gasteiger charge is -2.35. The van der Waals surface area contributed by atoms with Crippen molar-refractivity contribution in [3.05, 3.63) is 106 Å². The molecule has 360 valence electrons. The summed E-state index contributed by atoms with van der Waals surface area (Å²) in [4.78, 5) is 38.5. The van der Waals surface area contributed by atoms with Gasteiger partial charge in [-0.3, -0.25) is 9.59 Å². The first-order chi connectivity index (χ1) is 33.7. The molecule has 2 saturated heterocycles. The Kier molecular flexibility index (Phi) is 13.3. The predicted octanol–water partition coefficient (Wildman–Crippen LogP) is 8.41. The molecule has 6 unspecified atom stereocenters. The Hall–Kier alpha value is -7.40. The quantitative estimate of drug-likeness (QED) is 0.111. The summed E-state index contributed by atoms with van der Waals surface area (Å²) >= 11 is 0. The van der Waals surface area contributed by atoms with Crippen LogP contribution in [0.15, 0.2) is 81.8 Å². The monoisotopic (exact) mass is 944 g/mol. The summed E-state index contributed by atoms with van der Waals surface area (Å²) in [5.74, 6) is 3.32. The highest BCUT2D eigenvalue weighted by molar-refractivity contribution is 5.83. The van der Waals surface area contributed by atoms with Gasteiger partial charge in [-0.1, -0.05) is 60.6 Å². The molecule has 4 aliphatic rings. The molecule has 2 aromatic heterocycles. The SMILES string of the molecule is CC(C)Oc1ccc(-c2nc(-c3cccc4c3CC3CC(=O)N(C(C)CO)C43)no2)cc1C#N.CC(C)Oc1ccc(-c2nc(-c3cccc4c3CC3CC(=O)N(C(CO)C(C)C)C43)no2)cc1C#N. The maximum absolute atomic E-state index is 12.9. The summed E-state index contributed by atoms with van der Waals surface area (Å²) in [6, 6.07) is 26.3. The first-order valence-electron chi connectivity index (χ1n) is 23.9. The van der Waals surface area contributed by atoms with Gasteiger partial charge in [-0.05, 0) is 124 Å². The molecule has 0 saturated carbocycles. The van der Waals surface area contributed by atoms with Crippen molar-refractivity contribution >= 4 is 11.8 Å². The van der Waals surface area contributed by atoms with Gasteiger partial charge in [0.1, 0.15) is 23.6 Å². The first kappa shape index (κ1) is 47.7. The minimum Gasteiger partial charge on any atom is -0.490 e. The van der Waals surface area contributed by atoms with Gasteiger partial charge in [0.05, 0.1) is 60.7 Å². The Balaban J connectivity index is 0.000000174. The van der Waals surface area contributed by atoms with Crippen LogP contribution < -0.4 is 9.47 Å². The third kappa shape index (κ3) is 8.78. The van der Waals surface area contributed by atoms with E-state index >= 15 is 0 Å². The van der Waals surface area contributed by atoms with E-state index in [2.05, 4.69) is 38.5 Å². The molecule has 2 fully saturated rings. The van der Waals surface area contributed by atoms with Gasteiger partial charge in [-0.15, -0.1) is 0 Å². The van der Waals surface area contributed by atoms with E-state index in [1.165, 1.54) is 0 Å². The summed E-state index contributed by atoms with van der Waals surface area (Å²) in [5, 5.41) is 47.3. The molecule has 6 aromatic rings. The second-order valence-corrected chi connectivity index (χ2v) is 19.4. The number of carbonyl (C=O) groups is 2. The molecule has 16 heteroatoms. The molecule has 2 aliphatic carbocycles. The summed E-state index contributed by atoms with van der Waals surface area (Å²) in [5.41, 5.74) is 8.28. The lowest BCUT2D eigenvalue weighted by Crippen LogP contribution is -2.43. The molecule has 4 aromatic carbocycles. The smallest absolute Gasteiger partial charge is 0.258 e. The second kappa shape index (κ2) is 19.5. The number of likely N-dealkylation sites (tertiary alicyclic amines) is 2. The Morgan fingerprint density at radius 2 is 1.10 bits per heavy atom. The van der Waals surface area contributed by atoms with Gasteiger partial charge in [0, 0.05) is 35.1 Å². The molecule has 0 radical (unpaired) electrons. The van der Waals surface area contributed by atoms with Gasteiger partial charge in [0.15, 0.2) is 0 Å². The third-order valence-corrected chi connectivity index (χ3v) is 13.7. The number of hydrogen-bond acceptors (Lipinski definition) is 14. The average Bonchev–Trinajstić information content (AvgIpc) is 4.21. The van der Waals surface area contributed by atoms with Crippen molar-refractivity contribution in [2.24, 2.45) is 17.8 Å². The van der Waals surface area contributed by atoms with E-state index in [1.807, 2.05) is 88.6 Å². The van der Waals surface area contributed by atoms with Crippen LogP contribution in [0.25, 0.3) is 45.7 Å². The average molecular weight is 945 g/mol. The molecule has 2 aliphatic heterocycles. The Labute approximate surface area is 406 Å². The fraction of sp³-hybridized carbons (Fsp3) is 0.407. The number of hydrogen-bond donors (Lipinski definition) is 2. The zero-order valence-electron chi connectivity index (χ0n) is 40.3. The number of nitriles is 2. The highest BCUT2D eigenvalue weighted by atomic mass is 16.5. The minimum atomic E-state index is -0.231. The highest BCUT2D eigenvalue weighted by Gasteiger charge is 2.50. The molecule has 6 atom stereocenters. The number of aliphatic hydroxyl groups is 2. The van der Waals surface area contributed by atoms with E-state index in [-0.39, 0.29) is 79.2 Å². The summed E-state index contributed by atoms with van der Waals surface area (Å²) in [7, 11) is 0. The van der Waals surface area contributed by atoms with Gasteiger partial charge in [-0.2, -0.15) is 20.5 Å². The van der Waals surface area contributed by atoms with Crippen LogP contribution in [0.4, 0.5) is 0 Å². The number of nitrogens with zero attached hydrogens (tertiary/aromatic N) is 8. The van der Waals surface area contributed by atoms with Crippen LogP contribution in [0.1, 0.15) is 107 Å². The minimum absolute atomic E-state index is 0.0392. The molecule has 16 nitrogen and oxygen atoms in total. The van der Waals surface area contributed by atoms with Crippen LogP contribution in [0.5, 0.6) is 11.5 Å². The van der Waals surface area contributed by atoms with Crippen molar-refractivity contribution in [2.75, 3.05) is 13.2 Å². The van der Waals surface area contributed by atoms with Crippen molar-refractivity contribution in [3.63, 3.8) is 0 Å². The maximum atomic E-state index is 12.9. The van der Waals surface area contributed by atoms with E-state index in [9.17, 15) is 30.3 Å². The summed E-state index contributed by atoms with van der Waals surface area (Å²) < 4.78 is 22.6. The Morgan fingerprint density at radius 3 is 1.51 bits per heavy atom. The molecule has 0 spiro atoms. The number of benzene rings is 4. The van der Waals surface area contributed by atoms with E-state index in [4.69, 9.17) is 18.5 Å². The molecule has 4 heterocycles. The fourth-order valence-electron chi connectivity index (χ4n) is 10.7.